The maximum atomic E-state index is 4.14. The Balaban J connectivity index is 0.000000125. The van der Waals surface area contributed by atoms with Crippen LogP contribution in [0.3, 0.4) is 0 Å². The van der Waals surface area contributed by atoms with E-state index < -0.39 is 0 Å². The Kier molecular flexibility index (Phi) is 3.31. The lowest BCUT2D eigenvalue weighted by Crippen LogP contribution is -1.68. The number of nitrogens with zero attached hydrogens (tertiary/aromatic N) is 2. The van der Waals surface area contributed by atoms with Crippen molar-refractivity contribution in [2.24, 2.45) is 0 Å². The minimum Gasteiger partial charge on any atom is -0.283 e. The van der Waals surface area contributed by atoms with Crippen molar-refractivity contribution in [1.82, 2.24) is 15.2 Å². The Hall–Kier alpha value is -1.68. The molecular weight excluding hydrogens is 218 g/mol. The molecule has 0 saturated heterocycles. The van der Waals surface area contributed by atoms with E-state index in [1.165, 1.54) is 4.70 Å². The van der Waals surface area contributed by atoms with E-state index in [9.17, 15) is 0 Å². The molecule has 16 heavy (non-hydrogen) atoms. The largest absolute Gasteiger partial charge is 0.283 e. The number of para-hydroxylation sites is 1. The highest BCUT2D eigenvalue weighted by Crippen LogP contribution is 2.15. The first-order chi connectivity index (χ1) is 7.75. The number of aromatic amines is 1. The van der Waals surface area contributed by atoms with Crippen LogP contribution in [0.5, 0.6) is 0 Å². The summed E-state index contributed by atoms with van der Waals surface area (Å²) in [5.41, 5.74) is 5.14. The van der Waals surface area contributed by atoms with Gasteiger partial charge in [0.15, 0.2) is 0 Å². The zero-order valence-electron chi connectivity index (χ0n) is 9.27. The Morgan fingerprint density at radius 2 is 2.00 bits per heavy atom. The van der Waals surface area contributed by atoms with Crippen molar-refractivity contribution >= 4 is 21.6 Å². The van der Waals surface area contributed by atoms with E-state index in [4.69, 9.17) is 0 Å². The van der Waals surface area contributed by atoms with Crippen molar-refractivity contribution < 1.29 is 0 Å². The van der Waals surface area contributed by atoms with E-state index in [0.717, 1.165) is 16.9 Å². The molecule has 0 aliphatic rings. The van der Waals surface area contributed by atoms with Crippen LogP contribution >= 0.6 is 11.3 Å². The minimum atomic E-state index is 1.05. The third-order valence-corrected chi connectivity index (χ3v) is 2.88. The van der Waals surface area contributed by atoms with Crippen LogP contribution in [0.1, 0.15) is 11.4 Å². The standard InChI is InChI=1S/C7H5NS.C5H8N2/c1-2-4-7-6(3-1)8-5-9-7;1-4-3-5(2)7-6-4/h1-5H;3H,1-2H3,(H,6,7). The predicted octanol–water partition coefficient (Wildman–Crippen LogP) is 3.32. The number of aromatic nitrogens is 3. The van der Waals surface area contributed by atoms with Gasteiger partial charge in [-0.25, -0.2) is 4.98 Å². The zero-order valence-corrected chi connectivity index (χ0v) is 10.1. The molecule has 3 aromatic rings. The molecule has 0 spiro atoms. The molecule has 0 bridgehead atoms. The van der Waals surface area contributed by atoms with E-state index in [0.29, 0.717) is 0 Å². The normalized spacial score (nSPS) is 9.88. The molecule has 2 aromatic heterocycles. The molecule has 0 aliphatic carbocycles. The Labute approximate surface area is 98.2 Å². The second-order valence-corrected chi connectivity index (χ2v) is 4.40. The van der Waals surface area contributed by atoms with E-state index in [-0.39, 0.29) is 0 Å². The summed E-state index contributed by atoms with van der Waals surface area (Å²) in [6, 6.07) is 10.1. The predicted molar refractivity (Wildman–Crippen MR) is 67.7 cm³/mol. The topological polar surface area (TPSA) is 41.6 Å². The highest BCUT2D eigenvalue weighted by Gasteiger charge is 1.89. The SMILES string of the molecule is Cc1cc(C)[nH]n1.c1ccc2scnc2c1. The van der Waals surface area contributed by atoms with Gasteiger partial charge in [0.2, 0.25) is 0 Å². The van der Waals surface area contributed by atoms with Gasteiger partial charge in [0.05, 0.1) is 21.4 Å². The van der Waals surface area contributed by atoms with E-state index in [1.54, 1.807) is 11.3 Å². The highest BCUT2D eigenvalue weighted by molar-refractivity contribution is 7.16. The van der Waals surface area contributed by atoms with E-state index in [2.05, 4.69) is 21.2 Å². The number of thiazole rings is 1. The average molecular weight is 231 g/mol. The Morgan fingerprint density at radius 3 is 2.56 bits per heavy atom. The quantitative estimate of drug-likeness (QED) is 0.645. The van der Waals surface area contributed by atoms with Crippen LogP contribution in [-0.2, 0) is 0 Å². The van der Waals surface area contributed by atoms with Gasteiger partial charge in [-0.3, -0.25) is 5.10 Å². The smallest absolute Gasteiger partial charge is 0.0812 e. The number of hydrogen-bond donors (Lipinski definition) is 1. The first-order valence-electron chi connectivity index (χ1n) is 5.02. The molecule has 1 aromatic carbocycles. The van der Waals surface area contributed by atoms with Gasteiger partial charge >= 0.3 is 0 Å². The van der Waals surface area contributed by atoms with Crippen molar-refractivity contribution in [1.29, 1.82) is 0 Å². The lowest BCUT2D eigenvalue weighted by atomic mass is 10.3. The van der Waals surface area contributed by atoms with Gasteiger partial charge in [0, 0.05) is 5.69 Å². The average Bonchev–Trinajstić information content (AvgIpc) is 2.88. The fraction of sp³-hybridized carbons (Fsp3) is 0.167. The number of aryl methyl sites for hydroxylation is 2. The summed E-state index contributed by atoms with van der Waals surface area (Å²) in [6.45, 7) is 3.95. The summed E-state index contributed by atoms with van der Waals surface area (Å²) >= 11 is 1.68. The van der Waals surface area contributed by atoms with Crippen LogP contribution in [-0.4, -0.2) is 15.2 Å². The summed E-state index contributed by atoms with van der Waals surface area (Å²) in [6.07, 6.45) is 0. The molecule has 4 heteroatoms. The van der Waals surface area contributed by atoms with E-state index >= 15 is 0 Å². The van der Waals surface area contributed by atoms with Gasteiger partial charge < -0.3 is 0 Å². The number of benzene rings is 1. The maximum Gasteiger partial charge on any atom is 0.0812 e. The summed E-state index contributed by atoms with van der Waals surface area (Å²) < 4.78 is 1.26. The van der Waals surface area contributed by atoms with Crippen LogP contribution in [0.4, 0.5) is 0 Å². The van der Waals surface area contributed by atoms with Crippen LogP contribution in [0.15, 0.2) is 35.8 Å². The Bertz CT molecular complexity index is 521. The lowest BCUT2D eigenvalue weighted by Gasteiger charge is -1.80. The van der Waals surface area contributed by atoms with Gasteiger partial charge in [0.25, 0.3) is 0 Å². The molecule has 0 amide bonds. The molecule has 0 saturated carbocycles. The molecule has 3 rings (SSSR count). The first-order valence-corrected chi connectivity index (χ1v) is 5.90. The van der Waals surface area contributed by atoms with Crippen molar-refractivity contribution in [3.8, 4) is 0 Å². The summed E-state index contributed by atoms with van der Waals surface area (Å²) in [5.74, 6) is 0. The molecule has 2 heterocycles. The van der Waals surface area contributed by atoms with Crippen LogP contribution in [0.25, 0.3) is 10.2 Å². The molecule has 0 unspecified atom stereocenters. The number of nitrogens with one attached hydrogen (secondary N) is 1. The van der Waals surface area contributed by atoms with Crippen molar-refractivity contribution in [3.63, 3.8) is 0 Å². The van der Waals surface area contributed by atoms with Crippen molar-refractivity contribution in [2.45, 2.75) is 13.8 Å². The van der Waals surface area contributed by atoms with Gasteiger partial charge in [-0.1, -0.05) is 12.1 Å². The van der Waals surface area contributed by atoms with Crippen molar-refractivity contribution in [3.05, 3.63) is 47.2 Å². The lowest BCUT2D eigenvalue weighted by molar-refractivity contribution is 1.02. The highest BCUT2D eigenvalue weighted by atomic mass is 32.1. The molecule has 3 nitrogen and oxygen atoms in total. The summed E-state index contributed by atoms with van der Waals surface area (Å²) in [5, 5.41) is 6.71. The molecule has 1 N–H and O–H groups in total. The third-order valence-electron chi connectivity index (χ3n) is 2.07. The molecule has 82 valence electrons. The third kappa shape index (κ3) is 2.67. The summed E-state index contributed by atoms with van der Waals surface area (Å²) in [4.78, 5) is 4.14. The molecule has 0 radical (unpaired) electrons. The molecule has 0 aliphatic heterocycles. The maximum absolute atomic E-state index is 4.14. The van der Waals surface area contributed by atoms with E-state index in [1.807, 2.05) is 43.6 Å². The van der Waals surface area contributed by atoms with Crippen molar-refractivity contribution in [2.75, 3.05) is 0 Å². The minimum absolute atomic E-state index is 1.05. The fourth-order valence-electron chi connectivity index (χ4n) is 1.36. The Morgan fingerprint density at radius 1 is 1.19 bits per heavy atom. The van der Waals surface area contributed by atoms with Gasteiger partial charge in [0.1, 0.15) is 0 Å². The van der Waals surface area contributed by atoms with Crippen LogP contribution in [0.2, 0.25) is 0 Å². The van der Waals surface area contributed by atoms with Gasteiger partial charge in [-0.15, -0.1) is 11.3 Å². The second-order valence-electron chi connectivity index (χ2n) is 3.51. The van der Waals surface area contributed by atoms with Gasteiger partial charge in [-0.05, 0) is 32.0 Å². The number of hydrogen-bond acceptors (Lipinski definition) is 3. The number of rotatable bonds is 0. The first kappa shape index (κ1) is 10.8. The fourth-order valence-corrected chi connectivity index (χ4v) is 2.04. The molecule has 0 atom stereocenters. The monoisotopic (exact) mass is 231 g/mol. The molecule has 0 fully saturated rings. The van der Waals surface area contributed by atoms with Gasteiger partial charge in [-0.2, -0.15) is 5.10 Å². The molecular formula is C12H13N3S. The zero-order chi connectivity index (χ0) is 11.4. The second kappa shape index (κ2) is 4.90. The van der Waals surface area contributed by atoms with Crippen LogP contribution < -0.4 is 0 Å². The number of H-pyrrole nitrogens is 1. The summed E-state index contributed by atoms with van der Waals surface area (Å²) in [7, 11) is 0. The van der Waals surface area contributed by atoms with Crippen LogP contribution in [0, 0.1) is 13.8 Å². The number of fused-ring (bicyclic) bond motifs is 1.